The zero-order valence-corrected chi connectivity index (χ0v) is 18.1. The number of esters is 1. The first kappa shape index (κ1) is 22.8. The van der Waals surface area contributed by atoms with E-state index in [2.05, 4.69) is 10.3 Å². The quantitative estimate of drug-likeness (QED) is 0.336. The summed E-state index contributed by atoms with van der Waals surface area (Å²) in [4.78, 5) is 37.6. The minimum absolute atomic E-state index is 0.0347. The van der Waals surface area contributed by atoms with Crippen LogP contribution in [0.5, 0.6) is 0 Å². The number of nitrogens with zero attached hydrogens (tertiary/aromatic N) is 2. The Kier molecular flexibility index (Phi) is 7.33. The normalized spacial score (nSPS) is 14.3. The lowest BCUT2D eigenvalue weighted by molar-refractivity contribution is -0.384. The number of nitro benzene ring substituents is 1. The van der Waals surface area contributed by atoms with E-state index in [0.29, 0.717) is 5.92 Å². The molecule has 1 N–H and O–H groups in total. The van der Waals surface area contributed by atoms with Gasteiger partial charge >= 0.3 is 5.97 Å². The zero-order chi connectivity index (χ0) is 22.4. The van der Waals surface area contributed by atoms with Gasteiger partial charge in [-0.25, -0.2) is 13.4 Å². The Morgan fingerprint density at radius 3 is 2.55 bits per heavy atom. The standard InChI is InChI=1S/C19H21N3O7S2/c23-16(12-29-17(24)10-5-13-3-1-2-4-13)21-19-20-11-18(30-19)31(27,28)15-8-6-14(7-9-15)22(25)26/h6-9,11,13H,1-5,10,12H2,(H,20,21,23). The maximum Gasteiger partial charge on any atom is 0.306 e. The summed E-state index contributed by atoms with van der Waals surface area (Å²) in [5.74, 6) is -0.515. The van der Waals surface area contributed by atoms with Crippen molar-refractivity contribution in [3.63, 3.8) is 0 Å². The molecule has 0 spiro atoms. The smallest absolute Gasteiger partial charge is 0.306 e. The van der Waals surface area contributed by atoms with E-state index < -0.39 is 33.2 Å². The highest BCUT2D eigenvalue weighted by molar-refractivity contribution is 7.93. The molecule has 3 rings (SSSR count). The van der Waals surface area contributed by atoms with E-state index in [4.69, 9.17) is 4.74 Å². The molecule has 1 heterocycles. The molecule has 1 fully saturated rings. The van der Waals surface area contributed by atoms with Crippen molar-refractivity contribution < 1.29 is 27.7 Å². The number of hydrogen-bond acceptors (Lipinski definition) is 9. The van der Waals surface area contributed by atoms with Gasteiger partial charge in [-0.3, -0.25) is 25.0 Å². The summed E-state index contributed by atoms with van der Waals surface area (Å²) in [6, 6.07) is 4.46. The maximum atomic E-state index is 12.6. The van der Waals surface area contributed by atoms with Crippen LogP contribution in [0.2, 0.25) is 0 Å². The largest absolute Gasteiger partial charge is 0.456 e. The van der Waals surface area contributed by atoms with Crippen LogP contribution in [0.25, 0.3) is 0 Å². The van der Waals surface area contributed by atoms with Crippen molar-refractivity contribution in [3.8, 4) is 0 Å². The van der Waals surface area contributed by atoms with Crippen molar-refractivity contribution in [1.82, 2.24) is 4.98 Å². The number of carbonyl (C=O) groups is 2. The molecule has 0 unspecified atom stereocenters. The number of nitro groups is 1. The molecule has 31 heavy (non-hydrogen) atoms. The van der Waals surface area contributed by atoms with E-state index in [1.54, 1.807) is 0 Å². The number of sulfone groups is 1. The van der Waals surface area contributed by atoms with Crippen LogP contribution >= 0.6 is 11.3 Å². The molecule has 166 valence electrons. The van der Waals surface area contributed by atoms with Gasteiger partial charge in [0.15, 0.2) is 11.7 Å². The number of thiazole rings is 1. The third kappa shape index (κ3) is 6.07. The number of anilines is 1. The Morgan fingerprint density at radius 2 is 1.90 bits per heavy atom. The van der Waals surface area contributed by atoms with Gasteiger partial charge in [-0.1, -0.05) is 37.0 Å². The second kappa shape index (κ2) is 9.96. The van der Waals surface area contributed by atoms with Gasteiger partial charge in [-0.05, 0) is 24.5 Å². The van der Waals surface area contributed by atoms with Crippen LogP contribution in [0.1, 0.15) is 38.5 Å². The fourth-order valence-electron chi connectivity index (χ4n) is 3.30. The molecule has 1 aliphatic rings. The summed E-state index contributed by atoms with van der Waals surface area (Å²) < 4.78 is 30.1. The molecule has 1 aliphatic carbocycles. The van der Waals surface area contributed by atoms with Crippen molar-refractivity contribution in [2.75, 3.05) is 11.9 Å². The maximum absolute atomic E-state index is 12.6. The van der Waals surface area contributed by atoms with Gasteiger partial charge < -0.3 is 4.74 Å². The number of hydrogen-bond donors (Lipinski definition) is 1. The number of rotatable bonds is 9. The minimum atomic E-state index is -3.94. The van der Waals surface area contributed by atoms with Crippen LogP contribution in [-0.2, 0) is 24.2 Å². The molecular weight excluding hydrogens is 446 g/mol. The molecule has 2 aromatic rings. The number of aromatic nitrogens is 1. The molecule has 0 bridgehead atoms. The molecule has 0 saturated heterocycles. The summed E-state index contributed by atoms with van der Waals surface area (Å²) in [7, 11) is -3.94. The van der Waals surface area contributed by atoms with Gasteiger partial charge in [0, 0.05) is 18.6 Å². The van der Waals surface area contributed by atoms with Gasteiger partial charge in [0.2, 0.25) is 9.84 Å². The minimum Gasteiger partial charge on any atom is -0.456 e. The highest BCUT2D eigenvalue weighted by atomic mass is 32.2. The van der Waals surface area contributed by atoms with Crippen LogP contribution in [-0.4, -0.2) is 36.8 Å². The lowest BCUT2D eigenvalue weighted by atomic mass is 10.0. The lowest BCUT2D eigenvalue weighted by Gasteiger charge is -2.08. The number of amides is 1. The van der Waals surface area contributed by atoms with Crippen LogP contribution < -0.4 is 5.32 Å². The van der Waals surface area contributed by atoms with Crippen LogP contribution in [0.15, 0.2) is 39.6 Å². The van der Waals surface area contributed by atoms with Crippen molar-refractivity contribution in [3.05, 3.63) is 40.6 Å². The van der Waals surface area contributed by atoms with E-state index in [1.165, 1.54) is 12.8 Å². The number of ether oxygens (including phenoxy) is 1. The summed E-state index contributed by atoms with van der Waals surface area (Å²) in [5.41, 5.74) is -0.228. The molecule has 0 atom stereocenters. The Bertz CT molecular complexity index is 1060. The van der Waals surface area contributed by atoms with Crippen molar-refractivity contribution in [2.45, 2.75) is 47.6 Å². The average Bonchev–Trinajstić information content (AvgIpc) is 3.43. The number of non-ortho nitro benzene ring substituents is 1. The molecule has 1 aromatic heterocycles. The molecule has 0 radical (unpaired) electrons. The molecule has 0 aliphatic heterocycles. The van der Waals surface area contributed by atoms with Gasteiger partial charge in [-0.15, -0.1) is 0 Å². The predicted molar refractivity (Wildman–Crippen MR) is 111 cm³/mol. The number of benzene rings is 1. The average molecular weight is 468 g/mol. The fourth-order valence-corrected chi connectivity index (χ4v) is 5.75. The number of carbonyl (C=O) groups excluding carboxylic acids is 2. The fraction of sp³-hybridized carbons (Fsp3) is 0.421. The summed E-state index contributed by atoms with van der Waals surface area (Å²) in [6.45, 7) is -0.479. The predicted octanol–water partition coefficient (Wildman–Crippen LogP) is 3.34. The monoisotopic (exact) mass is 467 g/mol. The Labute approximate surface area is 182 Å². The third-order valence-electron chi connectivity index (χ3n) is 4.95. The molecule has 1 aromatic carbocycles. The van der Waals surface area contributed by atoms with E-state index >= 15 is 0 Å². The molecule has 1 amide bonds. The van der Waals surface area contributed by atoms with Crippen LogP contribution in [0.4, 0.5) is 10.8 Å². The van der Waals surface area contributed by atoms with Crippen molar-refractivity contribution >= 4 is 43.9 Å². The molecule has 12 heteroatoms. The first-order chi connectivity index (χ1) is 14.8. The molecule has 1 saturated carbocycles. The summed E-state index contributed by atoms with van der Waals surface area (Å²) >= 11 is 0.729. The van der Waals surface area contributed by atoms with E-state index in [9.17, 15) is 28.1 Å². The molecule has 10 nitrogen and oxygen atoms in total. The van der Waals surface area contributed by atoms with Gasteiger partial charge in [0.1, 0.15) is 4.21 Å². The second-order valence-corrected chi connectivity index (χ2v) is 10.3. The highest BCUT2D eigenvalue weighted by Crippen LogP contribution is 2.30. The molecular formula is C19H21N3O7S2. The van der Waals surface area contributed by atoms with Crippen LogP contribution in [0.3, 0.4) is 0 Å². The zero-order valence-electron chi connectivity index (χ0n) is 16.5. The van der Waals surface area contributed by atoms with E-state index in [0.717, 1.165) is 61.1 Å². The van der Waals surface area contributed by atoms with Gasteiger partial charge in [0.05, 0.1) is 16.0 Å². The first-order valence-electron chi connectivity index (χ1n) is 9.66. The van der Waals surface area contributed by atoms with E-state index in [-0.39, 0.29) is 26.3 Å². The number of nitrogens with one attached hydrogen (secondary N) is 1. The highest BCUT2D eigenvalue weighted by Gasteiger charge is 2.23. The van der Waals surface area contributed by atoms with Crippen molar-refractivity contribution in [2.24, 2.45) is 5.92 Å². The summed E-state index contributed by atoms with van der Waals surface area (Å²) in [6.07, 6.45) is 6.76. The SMILES string of the molecule is O=C(COC(=O)CCC1CCCC1)Nc1ncc(S(=O)(=O)c2ccc([N+](=O)[O-])cc2)s1. The van der Waals surface area contributed by atoms with Crippen LogP contribution in [0, 0.1) is 16.0 Å². The Morgan fingerprint density at radius 1 is 1.23 bits per heavy atom. The van der Waals surface area contributed by atoms with E-state index in [1.807, 2.05) is 0 Å². The topological polar surface area (TPSA) is 146 Å². The summed E-state index contributed by atoms with van der Waals surface area (Å²) in [5, 5.41) is 13.1. The lowest BCUT2D eigenvalue weighted by Crippen LogP contribution is -2.20. The first-order valence-corrected chi connectivity index (χ1v) is 12.0. The third-order valence-corrected chi connectivity index (χ3v) is 8.09. The van der Waals surface area contributed by atoms with Crippen molar-refractivity contribution in [1.29, 1.82) is 0 Å². The Balaban J connectivity index is 1.52. The Hall–Kier alpha value is -2.86. The van der Waals surface area contributed by atoms with Gasteiger partial charge in [-0.2, -0.15) is 0 Å². The van der Waals surface area contributed by atoms with Gasteiger partial charge in [0.25, 0.3) is 11.6 Å². The second-order valence-electron chi connectivity index (χ2n) is 7.14.